The van der Waals surface area contributed by atoms with Gasteiger partial charge in [-0.3, -0.25) is 9.59 Å². The molecule has 112 valence electrons. The number of hydrogen-bond donors (Lipinski definition) is 1. The second-order valence-electron chi connectivity index (χ2n) is 4.93. The number of carbonyl (C=O) groups excluding carboxylic acids is 1. The maximum absolute atomic E-state index is 13.5. The molecule has 1 aliphatic rings. The van der Waals surface area contributed by atoms with Crippen LogP contribution in [0, 0.1) is 11.7 Å². The van der Waals surface area contributed by atoms with E-state index in [0.29, 0.717) is 18.7 Å². The molecule has 1 fully saturated rings. The van der Waals surface area contributed by atoms with Crippen molar-refractivity contribution in [3.05, 3.63) is 35.7 Å². The number of likely N-dealkylation sites (tertiary alicyclic amines) is 1. The molecule has 0 spiro atoms. The first-order valence-corrected chi connectivity index (χ1v) is 6.52. The molecule has 1 N–H and O–H groups in total. The summed E-state index contributed by atoms with van der Waals surface area (Å²) in [6, 6.07) is 4.42. The van der Waals surface area contributed by atoms with E-state index in [1.165, 1.54) is 31.4 Å². The van der Waals surface area contributed by atoms with Crippen LogP contribution in [0.15, 0.2) is 24.3 Å². The number of nitrogens with zero attached hydrogens (tertiary/aromatic N) is 1. The zero-order valence-corrected chi connectivity index (χ0v) is 11.6. The number of rotatable bonds is 5. The Morgan fingerprint density at radius 1 is 1.48 bits per heavy atom. The summed E-state index contributed by atoms with van der Waals surface area (Å²) in [5.41, 5.74) is 0.559. The molecule has 0 saturated carbocycles. The minimum Gasteiger partial charge on any atom is -0.494 e. The fourth-order valence-corrected chi connectivity index (χ4v) is 2.19. The fraction of sp³-hybridized carbons (Fsp3) is 0.333. The summed E-state index contributed by atoms with van der Waals surface area (Å²) in [4.78, 5) is 23.9. The molecule has 0 bridgehead atoms. The van der Waals surface area contributed by atoms with Gasteiger partial charge in [0.25, 0.3) is 0 Å². The van der Waals surface area contributed by atoms with Crippen molar-refractivity contribution in [2.75, 3.05) is 20.2 Å². The SMILES string of the molecule is COc1ccc(C=CC(=O)N2CC(CC(=O)O)C2)cc1F. The number of carboxylic acid groups (broad SMARTS) is 1. The van der Waals surface area contributed by atoms with E-state index in [9.17, 15) is 14.0 Å². The van der Waals surface area contributed by atoms with Crippen LogP contribution in [-0.2, 0) is 9.59 Å². The summed E-state index contributed by atoms with van der Waals surface area (Å²) in [5, 5.41) is 8.63. The number of hydrogen-bond acceptors (Lipinski definition) is 3. The third-order valence-corrected chi connectivity index (χ3v) is 3.33. The number of carbonyl (C=O) groups is 2. The van der Waals surface area contributed by atoms with Gasteiger partial charge in [-0.1, -0.05) is 6.07 Å². The fourth-order valence-electron chi connectivity index (χ4n) is 2.19. The van der Waals surface area contributed by atoms with Gasteiger partial charge < -0.3 is 14.7 Å². The molecule has 0 aliphatic carbocycles. The average Bonchev–Trinajstić information content (AvgIpc) is 2.39. The van der Waals surface area contributed by atoms with Gasteiger partial charge in [0.1, 0.15) is 0 Å². The van der Waals surface area contributed by atoms with E-state index in [-0.39, 0.29) is 24.0 Å². The lowest BCUT2D eigenvalue weighted by molar-refractivity contribution is -0.143. The van der Waals surface area contributed by atoms with Gasteiger partial charge in [-0.2, -0.15) is 0 Å². The number of halogens is 1. The molecule has 0 unspecified atom stereocenters. The summed E-state index contributed by atoms with van der Waals surface area (Å²) >= 11 is 0. The van der Waals surface area contributed by atoms with Crippen LogP contribution in [0.2, 0.25) is 0 Å². The molecule has 5 nitrogen and oxygen atoms in total. The molecule has 6 heteroatoms. The van der Waals surface area contributed by atoms with Gasteiger partial charge in [0.2, 0.25) is 5.91 Å². The predicted octanol–water partition coefficient (Wildman–Crippen LogP) is 1.78. The molecule has 1 amide bonds. The first-order chi connectivity index (χ1) is 9.99. The summed E-state index contributed by atoms with van der Waals surface area (Å²) < 4.78 is 18.3. The van der Waals surface area contributed by atoms with Gasteiger partial charge in [-0.25, -0.2) is 4.39 Å². The molecule has 0 atom stereocenters. The Kier molecular flexibility index (Phi) is 4.57. The largest absolute Gasteiger partial charge is 0.494 e. The van der Waals surface area contributed by atoms with E-state index in [4.69, 9.17) is 9.84 Å². The van der Waals surface area contributed by atoms with Gasteiger partial charge in [0.05, 0.1) is 13.5 Å². The normalized spacial score (nSPS) is 15.0. The van der Waals surface area contributed by atoms with Gasteiger partial charge in [-0.05, 0) is 23.8 Å². The first kappa shape index (κ1) is 15.0. The van der Waals surface area contributed by atoms with Gasteiger partial charge in [-0.15, -0.1) is 0 Å². The molecule has 1 aromatic rings. The highest BCUT2D eigenvalue weighted by Crippen LogP contribution is 2.21. The number of amides is 1. The van der Waals surface area contributed by atoms with E-state index in [1.54, 1.807) is 11.0 Å². The average molecular weight is 293 g/mol. The Morgan fingerprint density at radius 2 is 2.19 bits per heavy atom. The van der Waals surface area contributed by atoms with Crippen LogP contribution in [0.1, 0.15) is 12.0 Å². The van der Waals surface area contributed by atoms with Crippen molar-refractivity contribution in [2.24, 2.45) is 5.92 Å². The highest BCUT2D eigenvalue weighted by Gasteiger charge is 2.30. The van der Waals surface area contributed by atoms with Crippen molar-refractivity contribution >= 4 is 18.0 Å². The van der Waals surface area contributed by atoms with E-state index in [1.807, 2.05) is 0 Å². The summed E-state index contributed by atoms with van der Waals surface area (Å²) in [7, 11) is 1.38. The molecule has 2 rings (SSSR count). The molecule has 1 aliphatic heterocycles. The standard InChI is InChI=1S/C15H16FNO4/c1-21-13-4-2-10(6-12(13)16)3-5-14(18)17-8-11(9-17)7-15(19)20/h2-6,11H,7-9H2,1H3,(H,19,20). The van der Waals surface area contributed by atoms with Crippen LogP contribution in [0.3, 0.4) is 0 Å². The molecular formula is C15H16FNO4. The van der Waals surface area contributed by atoms with Crippen molar-refractivity contribution < 1.29 is 23.8 Å². The van der Waals surface area contributed by atoms with E-state index < -0.39 is 11.8 Å². The predicted molar refractivity (Wildman–Crippen MR) is 74.3 cm³/mol. The second kappa shape index (κ2) is 6.39. The van der Waals surface area contributed by atoms with Crippen LogP contribution < -0.4 is 4.74 Å². The van der Waals surface area contributed by atoms with Gasteiger partial charge in [0.15, 0.2) is 11.6 Å². The maximum atomic E-state index is 13.5. The van der Waals surface area contributed by atoms with Gasteiger partial charge in [0, 0.05) is 25.1 Å². The van der Waals surface area contributed by atoms with Crippen molar-refractivity contribution in [3.63, 3.8) is 0 Å². The minimum absolute atomic E-state index is 0.0262. The number of carboxylic acids is 1. The summed E-state index contributed by atoms with van der Waals surface area (Å²) in [5.74, 6) is -1.36. The lowest BCUT2D eigenvalue weighted by Crippen LogP contribution is -2.49. The molecule has 1 heterocycles. The van der Waals surface area contributed by atoms with Crippen LogP contribution in [-0.4, -0.2) is 42.1 Å². The van der Waals surface area contributed by atoms with E-state index >= 15 is 0 Å². The van der Waals surface area contributed by atoms with Crippen LogP contribution in [0.25, 0.3) is 6.08 Å². The van der Waals surface area contributed by atoms with Crippen LogP contribution in [0.4, 0.5) is 4.39 Å². The molecular weight excluding hydrogens is 277 g/mol. The number of benzene rings is 1. The minimum atomic E-state index is -0.851. The monoisotopic (exact) mass is 293 g/mol. The number of aliphatic carboxylic acids is 1. The number of ether oxygens (including phenoxy) is 1. The molecule has 21 heavy (non-hydrogen) atoms. The Bertz CT molecular complexity index is 579. The smallest absolute Gasteiger partial charge is 0.303 e. The molecule has 0 radical (unpaired) electrons. The van der Waals surface area contributed by atoms with Crippen molar-refractivity contribution in [1.29, 1.82) is 0 Å². The highest BCUT2D eigenvalue weighted by atomic mass is 19.1. The Labute approximate surface area is 121 Å². The van der Waals surface area contributed by atoms with Gasteiger partial charge >= 0.3 is 5.97 Å². The molecule has 1 aromatic carbocycles. The molecule has 1 saturated heterocycles. The van der Waals surface area contributed by atoms with Crippen LogP contribution >= 0.6 is 0 Å². The summed E-state index contributed by atoms with van der Waals surface area (Å²) in [6.45, 7) is 0.902. The van der Waals surface area contributed by atoms with E-state index in [2.05, 4.69) is 0 Å². The highest BCUT2D eigenvalue weighted by molar-refractivity contribution is 5.92. The van der Waals surface area contributed by atoms with Crippen LogP contribution in [0.5, 0.6) is 5.75 Å². The molecule has 0 aromatic heterocycles. The maximum Gasteiger partial charge on any atom is 0.303 e. The Hall–Kier alpha value is -2.37. The topological polar surface area (TPSA) is 66.8 Å². The lowest BCUT2D eigenvalue weighted by atomic mass is 9.96. The first-order valence-electron chi connectivity index (χ1n) is 6.52. The van der Waals surface area contributed by atoms with Crippen molar-refractivity contribution in [1.82, 2.24) is 4.90 Å². The lowest BCUT2D eigenvalue weighted by Gasteiger charge is -2.37. The second-order valence-corrected chi connectivity index (χ2v) is 4.93. The quantitative estimate of drug-likeness (QED) is 0.840. The Balaban J connectivity index is 1.89. The van der Waals surface area contributed by atoms with Crippen molar-refractivity contribution in [3.8, 4) is 5.75 Å². The zero-order valence-electron chi connectivity index (χ0n) is 11.6. The van der Waals surface area contributed by atoms with Crippen molar-refractivity contribution in [2.45, 2.75) is 6.42 Å². The Morgan fingerprint density at radius 3 is 2.76 bits per heavy atom. The summed E-state index contributed by atoms with van der Waals surface area (Å²) in [6.07, 6.45) is 2.96. The third kappa shape index (κ3) is 3.81. The van der Waals surface area contributed by atoms with E-state index in [0.717, 1.165) is 0 Å². The zero-order chi connectivity index (χ0) is 15.4. The number of methoxy groups -OCH3 is 1. The third-order valence-electron chi connectivity index (χ3n) is 3.33.